The fourth-order valence-electron chi connectivity index (χ4n) is 1.83. The Balaban J connectivity index is 3.17. The molecule has 0 aliphatic heterocycles. The van der Waals surface area contributed by atoms with Crippen molar-refractivity contribution >= 4 is 11.6 Å². The summed E-state index contributed by atoms with van der Waals surface area (Å²) in [6.07, 6.45) is -4.42. The van der Waals surface area contributed by atoms with Crippen molar-refractivity contribution in [3.8, 4) is 0 Å². The monoisotopic (exact) mass is 300 g/mol. The number of aryl methyl sites for hydroxylation is 2. The normalized spacial score (nSPS) is 14.5. The summed E-state index contributed by atoms with van der Waals surface area (Å²) >= 11 is 5.34. The molecular formula is C13H14ClF5. The van der Waals surface area contributed by atoms with E-state index < -0.39 is 17.5 Å². The minimum Gasteiger partial charge on any atom is -0.194 e. The van der Waals surface area contributed by atoms with Gasteiger partial charge in [0.05, 0.1) is 0 Å². The molecule has 0 heterocycles. The van der Waals surface area contributed by atoms with Crippen molar-refractivity contribution in [1.29, 1.82) is 0 Å². The smallest absolute Gasteiger partial charge is 0.194 e. The number of halogens is 6. The summed E-state index contributed by atoms with van der Waals surface area (Å²) in [6, 6.07) is 4.11. The van der Waals surface area contributed by atoms with Gasteiger partial charge in [0.1, 0.15) is 5.38 Å². The van der Waals surface area contributed by atoms with Gasteiger partial charge in [0.15, 0.2) is 0 Å². The van der Waals surface area contributed by atoms with E-state index in [1.807, 2.05) is 13.8 Å². The van der Waals surface area contributed by atoms with Crippen LogP contribution in [-0.4, -0.2) is 12.1 Å². The Morgan fingerprint density at radius 2 is 1.53 bits per heavy atom. The van der Waals surface area contributed by atoms with E-state index in [1.165, 1.54) is 12.1 Å². The highest BCUT2D eigenvalue weighted by atomic mass is 35.5. The third kappa shape index (κ3) is 3.19. The van der Waals surface area contributed by atoms with Gasteiger partial charge in [-0.05, 0) is 29.5 Å². The van der Waals surface area contributed by atoms with E-state index in [-0.39, 0.29) is 5.56 Å². The van der Waals surface area contributed by atoms with Crippen molar-refractivity contribution in [2.45, 2.75) is 44.2 Å². The predicted molar refractivity (Wildman–Crippen MR) is 64.8 cm³/mol. The Morgan fingerprint density at radius 1 is 1.00 bits per heavy atom. The lowest BCUT2D eigenvalue weighted by Gasteiger charge is -2.25. The van der Waals surface area contributed by atoms with E-state index in [4.69, 9.17) is 11.6 Å². The molecule has 1 atom stereocenters. The van der Waals surface area contributed by atoms with Gasteiger partial charge in [0, 0.05) is 0 Å². The van der Waals surface area contributed by atoms with Crippen LogP contribution < -0.4 is 0 Å². The molecule has 0 amide bonds. The van der Waals surface area contributed by atoms with Gasteiger partial charge in [-0.1, -0.05) is 32.0 Å². The molecule has 0 aromatic heterocycles. The average molecular weight is 301 g/mol. The quantitative estimate of drug-likeness (QED) is 0.523. The van der Waals surface area contributed by atoms with Gasteiger partial charge < -0.3 is 0 Å². The van der Waals surface area contributed by atoms with E-state index in [2.05, 4.69) is 0 Å². The number of rotatable bonds is 4. The molecule has 1 aromatic carbocycles. The molecule has 0 saturated carbocycles. The Kier molecular flexibility index (Phi) is 4.82. The Hall–Kier alpha value is -0.840. The molecule has 6 heteroatoms. The molecule has 0 saturated heterocycles. The molecule has 0 radical (unpaired) electrons. The number of hydrogen-bond acceptors (Lipinski definition) is 0. The first-order valence-electron chi connectivity index (χ1n) is 5.85. The van der Waals surface area contributed by atoms with Crippen LogP contribution in [0, 0.1) is 0 Å². The molecule has 1 aromatic rings. The average Bonchev–Trinajstić information content (AvgIpc) is 2.35. The molecule has 0 fully saturated rings. The summed E-state index contributed by atoms with van der Waals surface area (Å²) in [4.78, 5) is 0. The molecule has 0 aliphatic carbocycles. The van der Waals surface area contributed by atoms with Gasteiger partial charge >= 0.3 is 12.1 Å². The number of alkyl halides is 6. The minimum atomic E-state index is -5.66. The van der Waals surface area contributed by atoms with Crippen molar-refractivity contribution in [1.82, 2.24) is 0 Å². The first kappa shape index (κ1) is 16.2. The highest BCUT2D eigenvalue weighted by Gasteiger charge is 2.62. The zero-order chi connectivity index (χ0) is 14.8. The zero-order valence-electron chi connectivity index (χ0n) is 10.5. The van der Waals surface area contributed by atoms with E-state index in [9.17, 15) is 22.0 Å². The molecule has 0 spiro atoms. The van der Waals surface area contributed by atoms with Crippen LogP contribution in [0.3, 0.4) is 0 Å². The van der Waals surface area contributed by atoms with Gasteiger partial charge in [-0.15, -0.1) is 11.6 Å². The minimum absolute atomic E-state index is 0.210. The van der Waals surface area contributed by atoms with Gasteiger partial charge in [0.25, 0.3) is 0 Å². The van der Waals surface area contributed by atoms with Crippen molar-refractivity contribution in [3.63, 3.8) is 0 Å². The maximum absolute atomic E-state index is 13.2. The summed E-state index contributed by atoms with van der Waals surface area (Å²) in [7, 11) is 0. The lowest BCUT2D eigenvalue weighted by Crippen LogP contribution is -2.40. The van der Waals surface area contributed by atoms with Gasteiger partial charge in [-0.25, -0.2) is 0 Å². The second-order valence-electron chi connectivity index (χ2n) is 4.22. The van der Waals surface area contributed by atoms with E-state index in [1.54, 1.807) is 6.07 Å². The first-order chi connectivity index (χ1) is 8.65. The van der Waals surface area contributed by atoms with Crippen LogP contribution in [0.5, 0.6) is 0 Å². The van der Waals surface area contributed by atoms with Crippen molar-refractivity contribution in [2.24, 2.45) is 0 Å². The second-order valence-corrected chi connectivity index (χ2v) is 4.65. The molecular weight excluding hydrogens is 287 g/mol. The summed E-state index contributed by atoms with van der Waals surface area (Å²) in [5, 5.41) is -2.41. The van der Waals surface area contributed by atoms with Crippen molar-refractivity contribution in [3.05, 3.63) is 34.9 Å². The molecule has 19 heavy (non-hydrogen) atoms. The van der Waals surface area contributed by atoms with Crippen molar-refractivity contribution < 1.29 is 22.0 Å². The lowest BCUT2D eigenvalue weighted by molar-refractivity contribution is -0.283. The number of hydrogen-bond donors (Lipinski definition) is 0. The molecule has 1 rings (SSSR count). The SMILES string of the molecule is CCc1ccc(C(Cl)C(F)(F)C(F)(F)F)cc1CC. The molecule has 0 bridgehead atoms. The zero-order valence-corrected chi connectivity index (χ0v) is 11.2. The summed E-state index contributed by atoms with van der Waals surface area (Å²) in [6.45, 7) is 3.69. The molecule has 0 N–H and O–H groups in total. The van der Waals surface area contributed by atoms with Crippen LogP contribution in [0.1, 0.15) is 35.9 Å². The fourth-order valence-corrected chi connectivity index (χ4v) is 2.09. The van der Waals surface area contributed by atoms with Crippen molar-refractivity contribution in [2.75, 3.05) is 0 Å². The molecule has 1 unspecified atom stereocenters. The lowest BCUT2D eigenvalue weighted by atomic mass is 9.97. The largest absolute Gasteiger partial charge is 0.455 e. The van der Waals surface area contributed by atoms with E-state index in [0.29, 0.717) is 12.8 Å². The first-order valence-corrected chi connectivity index (χ1v) is 6.29. The predicted octanol–water partition coefficient (Wildman–Crippen LogP) is 5.29. The van der Waals surface area contributed by atoms with Crippen LogP contribution in [0.25, 0.3) is 0 Å². The van der Waals surface area contributed by atoms with Gasteiger partial charge in [0.2, 0.25) is 0 Å². The topological polar surface area (TPSA) is 0 Å². The molecule has 0 nitrogen and oxygen atoms in total. The molecule has 0 aliphatic rings. The Labute approximate surface area is 113 Å². The molecule has 108 valence electrons. The maximum atomic E-state index is 13.2. The Morgan fingerprint density at radius 3 is 1.95 bits per heavy atom. The van der Waals surface area contributed by atoms with Crippen LogP contribution in [0.4, 0.5) is 22.0 Å². The van der Waals surface area contributed by atoms with Gasteiger partial charge in [-0.3, -0.25) is 0 Å². The third-order valence-corrected chi connectivity index (χ3v) is 3.51. The second kappa shape index (κ2) is 5.65. The maximum Gasteiger partial charge on any atom is 0.455 e. The highest BCUT2D eigenvalue weighted by Crippen LogP contribution is 2.48. The van der Waals surface area contributed by atoms with E-state index in [0.717, 1.165) is 11.1 Å². The number of benzene rings is 1. The fraction of sp³-hybridized carbons (Fsp3) is 0.538. The van der Waals surface area contributed by atoms with Gasteiger partial charge in [-0.2, -0.15) is 22.0 Å². The summed E-state index contributed by atoms with van der Waals surface area (Å²) < 4.78 is 63.1. The highest BCUT2D eigenvalue weighted by molar-refractivity contribution is 6.21. The Bertz CT molecular complexity index is 439. The summed E-state index contributed by atoms with van der Waals surface area (Å²) in [5.41, 5.74) is 1.45. The van der Waals surface area contributed by atoms with Crippen LogP contribution in [0.2, 0.25) is 0 Å². The third-order valence-electron chi connectivity index (χ3n) is 2.98. The summed E-state index contributed by atoms with van der Waals surface area (Å²) in [5.74, 6) is -4.95. The van der Waals surface area contributed by atoms with E-state index >= 15 is 0 Å². The standard InChI is InChI=1S/C13H14ClF5/c1-3-8-5-6-10(7-9(8)4-2)11(14)12(15,16)13(17,18)19/h5-7,11H,3-4H2,1-2H3. The van der Waals surface area contributed by atoms with Crippen LogP contribution >= 0.6 is 11.6 Å². The van der Waals surface area contributed by atoms with Crippen LogP contribution in [-0.2, 0) is 12.8 Å². The van der Waals surface area contributed by atoms with Crippen LogP contribution in [0.15, 0.2) is 18.2 Å².